The predicted octanol–water partition coefficient (Wildman–Crippen LogP) is 6.09. The molecule has 0 aliphatic carbocycles. The Morgan fingerprint density at radius 2 is 1.84 bits per heavy atom. The molecule has 0 saturated heterocycles. The van der Waals surface area contributed by atoms with E-state index in [4.69, 9.17) is 9.47 Å². The topological polar surface area (TPSA) is 42.2 Å². The minimum Gasteiger partial charge on any atom is -0.490 e. The Morgan fingerprint density at radius 3 is 2.48 bits per heavy atom. The van der Waals surface area contributed by atoms with Gasteiger partial charge in [0.15, 0.2) is 11.5 Å². The van der Waals surface area contributed by atoms with E-state index in [0.29, 0.717) is 24.5 Å². The molecule has 0 aliphatic heterocycles. The van der Waals surface area contributed by atoms with E-state index in [9.17, 15) is 5.26 Å². The van der Waals surface area contributed by atoms with E-state index in [2.05, 4.69) is 28.9 Å². The molecule has 0 heterocycles. The molecule has 0 aromatic heterocycles. The third-order valence-corrected chi connectivity index (χ3v) is 4.14. The number of rotatable bonds is 8. The fraction of sp³-hybridized carbons (Fsp3) is 0.286. The summed E-state index contributed by atoms with van der Waals surface area (Å²) in [5, 5.41) is 9.49. The number of hydrogen-bond acceptors (Lipinski definition) is 3. The van der Waals surface area contributed by atoms with Gasteiger partial charge in [-0.05, 0) is 54.8 Å². The molecule has 130 valence electrons. The molecule has 4 heteroatoms. The Kier molecular flexibility index (Phi) is 7.56. The molecular formula is C21H22BrNO2. The summed E-state index contributed by atoms with van der Waals surface area (Å²) < 4.78 is 12.5. The first-order chi connectivity index (χ1) is 12.2. The SMILES string of the molecule is CCCCOc1ccc(C=C(C#N)c2ccc(Br)cc2)cc1OCC. The zero-order chi connectivity index (χ0) is 18.1. The van der Waals surface area contributed by atoms with Crippen LogP contribution in [-0.2, 0) is 0 Å². The number of nitriles is 1. The van der Waals surface area contributed by atoms with Gasteiger partial charge in [-0.25, -0.2) is 0 Å². The van der Waals surface area contributed by atoms with E-state index in [1.807, 2.05) is 55.5 Å². The van der Waals surface area contributed by atoms with Crippen LogP contribution in [0.25, 0.3) is 11.6 Å². The van der Waals surface area contributed by atoms with E-state index in [1.165, 1.54) is 0 Å². The van der Waals surface area contributed by atoms with Gasteiger partial charge in [0, 0.05) is 4.47 Å². The van der Waals surface area contributed by atoms with Crippen molar-refractivity contribution in [3.63, 3.8) is 0 Å². The van der Waals surface area contributed by atoms with Crippen molar-refractivity contribution in [2.75, 3.05) is 13.2 Å². The zero-order valence-electron chi connectivity index (χ0n) is 14.6. The van der Waals surface area contributed by atoms with Gasteiger partial charge in [0.1, 0.15) is 0 Å². The van der Waals surface area contributed by atoms with Crippen LogP contribution in [0.5, 0.6) is 11.5 Å². The average Bonchev–Trinajstić information content (AvgIpc) is 2.62. The summed E-state index contributed by atoms with van der Waals surface area (Å²) in [6, 6.07) is 15.7. The molecule has 25 heavy (non-hydrogen) atoms. The third-order valence-electron chi connectivity index (χ3n) is 3.61. The van der Waals surface area contributed by atoms with Gasteiger partial charge >= 0.3 is 0 Å². The predicted molar refractivity (Wildman–Crippen MR) is 106 cm³/mol. The van der Waals surface area contributed by atoms with Gasteiger partial charge in [0.25, 0.3) is 0 Å². The summed E-state index contributed by atoms with van der Waals surface area (Å²) in [5.74, 6) is 1.45. The summed E-state index contributed by atoms with van der Waals surface area (Å²) in [6.45, 7) is 5.32. The van der Waals surface area contributed by atoms with Crippen LogP contribution in [-0.4, -0.2) is 13.2 Å². The molecule has 0 spiro atoms. The Bertz CT molecular complexity index is 760. The molecule has 0 radical (unpaired) electrons. The molecule has 0 unspecified atom stereocenters. The molecule has 0 aliphatic rings. The van der Waals surface area contributed by atoms with Crippen LogP contribution >= 0.6 is 15.9 Å². The van der Waals surface area contributed by atoms with Crippen LogP contribution in [0.4, 0.5) is 0 Å². The first-order valence-electron chi connectivity index (χ1n) is 8.45. The lowest BCUT2D eigenvalue weighted by atomic mass is 10.0. The highest BCUT2D eigenvalue weighted by atomic mass is 79.9. The molecule has 0 fully saturated rings. The molecular weight excluding hydrogens is 378 g/mol. The summed E-state index contributed by atoms with van der Waals surface area (Å²) in [4.78, 5) is 0. The fourth-order valence-electron chi connectivity index (χ4n) is 2.30. The molecule has 0 bridgehead atoms. The van der Waals surface area contributed by atoms with E-state index in [0.717, 1.165) is 34.2 Å². The van der Waals surface area contributed by atoms with Gasteiger partial charge < -0.3 is 9.47 Å². The molecule has 2 aromatic carbocycles. The molecule has 2 rings (SSSR count). The van der Waals surface area contributed by atoms with Gasteiger partial charge in [0.2, 0.25) is 0 Å². The van der Waals surface area contributed by atoms with Crippen molar-refractivity contribution in [1.82, 2.24) is 0 Å². The van der Waals surface area contributed by atoms with Crippen molar-refractivity contribution in [1.29, 1.82) is 5.26 Å². The maximum atomic E-state index is 9.49. The second kappa shape index (κ2) is 9.90. The highest BCUT2D eigenvalue weighted by Gasteiger charge is 2.07. The van der Waals surface area contributed by atoms with E-state index >= 15 is 0 Å². The summed E-state index contributed by atoms with van der Waals surface area (Å²) in [6.07, 6.45) is 3.96. The van der Waals surface area contributed by atoms with Crippen LogP contribution in [0.1, 0.15) is 37.8 Å². The van der Waals surface area contributed by atoms with Crippen molar-refractivity contribution in [2.45, 2.75) is 26.7 Å². The minimum absolute atomic E-state index is 0.565. The number of ether oxygens (including phenoxy) is 2. The summed E-state index contributed by atoms with van der Waals surface area (Å²) >= 11 is 3.41. The molecule has 0 amide bonds. The smallest absolute Gasteiger partial charge is 0.161 e. The monoisotopic (exact) mass is 399 g/mol. The second-order valence-corrected chi connectivity index (χ2v) is 6.43. The lowest BCUT2D eigenvalue weighted by Gasteiger charge is -2.12. The lowest BCUT2D eigenvalue weighted by Crippen LogP contribution is -2.00. The number of halogens is 1. The summed E-state index contributed by atoms with van der Waals surface area (Å²) in [7, 11) is 0. The Morgan fingerprint density at radius 1 is 1.08 bits per heavy atom. The molecule has 0 N–H and O–H groups in total. The van der Waals surface area contributed by atoms with Gasteiger partial charge in [-0.15, -0.1) is 0 Å². The molecule has 2 aromatic rings. The quantitative estimate of drug-likeness (QED) is 0.306. The van der Waals surface area contributed by atoms with Gasteiger partial charge in [-0.1, -0.05) is 47.5 Å². The van der Waals surface area contributed by atoms with Gasteiger partial charge in [-0.3, -0.25) is 0 Å². The van der Waals surface area contributed by atoms with E-state index in [-0.39, 0.29) is 0 Å². The van der Waals surface area contributed by atoms with Gasteiger partial charge in [0.05, 0.1) is 24.9 Å². The Balaban J connectivity index is 2.29. The van der Waals surface area contributed by atoms with Crippen molar-refractivity contribution in [3.8, 4) is 17.6 Å². The minimum atomic E-state index is 0.565. The van der Waals surface area contributed by atoms with E-state index in [1.54, 1.807) is 0 Å². The molecule has 0 saturated carbocycles. The van der Waals surface area contributed by atoms with Crippen molar-refractivity contribution >= 4 is 27.6 Å². The van der Waals surface area contributed by atoms with Crippen molar-refractivity contribution in [2.24, 2.45) is 0 Å². The number of hydrogen-bond donors (Lipinski definition) is 0. The maximum Gasteiger partial charge on any atom is 0.161 e. The standard InChI is InChI=1S/C21H22BrNO2/c1-3-5-12-25-20-11-6-16(14-21(20)24-4-2)13-18(15-23)17-7-9-19(22)10-8-17/h6-11,13-14H,3-5,12H2,1-2H3. The average molecular weight is 400 g/mol. The Labute approximate surface area is 158 Å². The zero-order valence-corrected chi connectivity index (χ0v) is 16.2. The molecule has 0 atom stereocenters. The fourth-order valence-corrected chi connectivity index (χ4v) is 2.57. The first-order valence-corrected chi connectivity index (χ1v) is 9.24. The number of nitrogens with zero attached hydrogens (tertiary/aromatic N) is 1. The second-order valence-electron chi connectivity index (χ2n) is 5.52. The number of benzene rings is 2. The van der Waals surface area contributed by atoms with Crippen molar-refractivity contribution < 1.29 is 9.47 Å². The molecule has 3 nitrogen and oxygen atoms in total. The Hall–Kier alpha value is -2.25. The maximum absolute atomic E-state index is 9.49. The number of unbranched alkanes of at least 4 members (excludes halogenated alkanes) is 1. The normalized spacial score (nSPS) is 11.0. The van der Waals surface area contributed by atoms with Crippen LogP contribution in [0.15, 0.2) is 46.9 Å². The highest BCUT2D eigenvalue weighted by Crippen LogP contribution is 2.30. The third kappa shape index (κ3) is 5.65. The van der Waals surface area contributed by atoms with Crippen molar-refractivity contribution in [3.05, 3.63) is 58.1 Å². The number of allylic oxidation sites excluding steroid dienone is 1. The van der Waals surface area contributed by atoms with Crippen LogP contribution in [0, 0.1) is 11.3 Å². The highest BCUT2D eigenvalue weighted by molar-refractivity contribution is 9.10. The van der Waals surface area contributed by atoms with Crippen LogP contribution < -0.4 is 9.47 Å². The van der Waals surface area contributed by atoms with Crippen LogP contribution in [0.2, 0.25) is 0 Å². The summed E-state index contributed by atoms with van der Waals surface area (Å²) in [5.41, 5.74) is 2.40. The van der Waals surface area contributed by atoms with E-state index < -0.39 is 0 Å². The van der Waals surface area contributed by atoms with Crippen LogP contribution in [0.3, 0.4) is 0 Å². The van der Waals surface area contributed by atoms with Gasteiger partial charge in [-0.2, -0.15) is 5.26 Å². The largest absolute Gasteiger partial charge is 0.490 e. The first kappa shape index (κ1) is 19.1. The lowest BCUT2D eigenvalue weighted by molar-refractivity contribution is 0.272.